The fourth-order valence-corrected chi connectivity index (χ4v) is 3.43. The van der Waals surface area contributed by atoms with Gasteiger partial charge in [0.2, 0.25) is 5.91 Å². The number of hydrogen-bond acceptors (Lipinski definition) is 7. The number of carbonyl (C=O) groups excluding carboxylic acids is 3. The molecule has 188 valence electrons. The Hall–Kier alpha value is -2.06. The average molecular weight is 467 g/mol. The highest BCUT2D eigenvalue weighted by Crippen LogP contribution is 2.36. The van der Waals surface area contributed by atoms with Crippen molar-refractivity contribution in [3.63, 3.8) is 0 Å². The minimum absolute atomic E-state index is 0.00466. The zero-order valence-corrected chi connectivity index (χ0v) is 21.2. The molecule has 1 amide bonds. The van der Waals surface area contributed by atoms with Gasteiger partial charge in [0.05, 0.1) is 37.7 Å². The number of ketones is 2. The lowest BCUT2D eigenvalue weighted by molar-refractivity contribution is -0.124. The molecule has 0 atom stereocenters. The van der Waals surface area contributed by atoms with Crippen molar-refractivity contribution in [1.29, 1.82) is 0 Å². The van der Waals surface area contributed by atoms with Gasteiger partial charge < -0.3 is 19.9 Å². The fourth-order valence-electron chi connectivity index (χ4n) is 3.43. The molecule has 8 nitrogen and oxygen atoms in total. The van der Waals surface area contributed by atoms with Gasteiger partial charge in [0.25, 0.3) is 0 Å². The van der Waals surface area contributed by atoms with Crippen LogP contribution in [0.5, 0.6) is 0 Å². The molecule has 1 rings (SSSR count). The van der Waals surface area contributed by atoms with Crippen molar-refractivity contribution in [3.05, 3.63) is 11.3 Å². The third-order valence-electron chi connectivity index (χ3n) is 5.37. The van der Waals surface area contributed by atoms with Crippen LogP contribution in [0.4, 0.5) is 0 Å². The normalized spacial score (nSPS) is 16.6. The number of allylic oxidation sites excluding steroid dienone is 2. The number of aliphatic hydroxyl groups excluding tert-OH is 1. The van der Waals surface area contributed by atoms with Crippen molar-refractivity contribution in [2.45, 2.75) is 67.2 Å². The van der Waals surface area contributed by atoms with Crippen LogP contribution in [-0.4, -0.2) is 67.8 Å². The summed E-state index contributed by atoms with van der Waals surface area (Å²) in [5.41, 5.74) is 0.500. The SMILES string of the molecule is CC(C)C(=O)CCN=C(CCOCCOCCNC(=O)C(C)C)C1=C(O)CC(C)(C)CC1=O. The highest BCUT2D eigenvalue weighted by atomic mass is 16.5. The first kappa shape index (κ1) is 29.0. The highest BCUT2D eigenvalue weighted by Gasteiger charge is 2.34. The molecular weight excluding hydrogens is 424 g/mol. The Balaban J connectivity index is 2.56. The standard InChI is InChI=1S/C25H42N2O6/c1-17(2)20(28)7-9-26-19(23-21(29)15-25(5,6)16-22(23)30)8-11-32-13-14-33-12-10-27-24(31)18(3)4/h17-18,29H,7-16H2,1-6H3,(H,27,31). The summed E-state index contributed by atoms with van der Waals surface area (Å²) in [6, 6.07) is 0. The van der Waals surface area contributed by atoms with Gasteiger partial charge in [-0.1, -0.05) is 41.5 Å². The summed E-state index contributed by atoms with van der Waals surface area (Å²) >= 11 is 0. The second-order valence-corrected chi connectivity index (χ2v) is 9.88. The number of ether oxygens (including phenoxy) is 2. The molecule has 1 aliphatic carbocycles. The molecule has 0 bridgehead atoms. The van der Waals surface area contributed by atoms with Crippen LogP contribution in [0.25, 0.3) is 0 Å². The molecule has 33 heavy (non-hydrogen) atoms. The van der Waals surface area contributed by atoms with Gasteiger partial charge >= 0.3 is 0 Å². The van der Waals surface area contributed by atoms with E-state index in [4.69, 9.17) is 9.47 Å². The van der Waals surface area contributed by atoms with Crippen LogP contribution in [0.1, 0.15) is 67.2 Å². The van der Waals surface area contributed by atoms with E-state index in [1.165, 1.54) is 0 Å². The third kappa shape index (κ3) is 11.1. The lowest BCUT2D eigenvalue weighted by atomic mass is 9.75. The minimum atomic E-state index is -0.286. The Bertz CT molecular complexity index is 737. The Morgan fingerprint density at radius 3 is 2.21 bits per heavy atom. The number of Topliss-reactive ketones (excluding diaryl/α,β-unsaturated/α-hetero) is 2. The van der Waals surface area contributed by atoms with Gasteiger partial charge in [-0.2, -0.15) is 0 Å². The summed E-state index contributed by atoms with van der Waals surface area (Å²) in [6.45, 7) is 13.5. The molecule has 8 heteroatoms. The zero-order valence-electron chi connectivity index (χ0n) is 21.2. The molecule has 2 N–H and O–H groups in total. The van der Waals surface area contributed by atoms with Crippen molar-refractivity contribution in [1.82, 2.24) is 5.32 Å². The van der Waals surface area contributed by atoms with Gasteiger partial charge in [-0.05, 0) is 5.41 Å². The fraction of sp³-hybridized carbons (Fsp3) is 0.760. The van der Waals surface area contributed by atoms with E-state index in [1.807, 2.05) is 41.5 Å². The monoisotopic (exact) mass is 466 g/mol. The van der Waals surface area contributed by atoms with Gasteiger partial charge in [-0.3, -0.25) is 19.4 Å². The summed E-state index contributed by atoms with van der Waals surface area (Å²) in [5.74, 6) is -0.0541. The summed E-state index contributed by atoms with van der Waals surface area (Å²) in [4.78, 5) is 40.7. The number of amides is 1. The summed E-state index contributed by atoms with van der Waals surface area (Å²) in [6.07, 6.45) is 1.43. The first-order valence-corrected chi connectivity index (χ1v) is 11.9. The molecule has 0 spiro atoms. The average Bonchev–Trinajstić information content (AvgIpc) is 2.69. The number of hydrogen-bond donors (Lipinski definition) is 2. The van der Waals surface area contributed by atoms with Crippen molar-refractivity contribution in [2.24, 2.45) is 22.2 Å². The van der Waals surface area contributed by atoms with E-state index in [-0.39, 0.29) is 52.6 Å². The molecule has 0 aromatic rings. The van der Waals surface area contributed by atoms with Gasteiger partial charge in [0.15, 0.2) is 5.78 Å². The lowest BCUT2D eigenvalue weighted by Gasteiger charge is -2.30. The second kappa shape index (κ2) is 14.3. The predicted octanol–water partition coefficient (Wildman–Crippen LogP) is 3.44. The Kier molecular flexibility index (Phi) is 12.5. The molecule has 0 aromatic carbocycles. The van der Waals surface area contributed by atoms with E-state index in [2.05, 4.69) is 10.3 Å². The van der Waals surface area contributed by atoms with Crippen LogP contribution in [0.3, 0.4) is 0 Å². The summed E-state index contributed by atoms with van der Waals surface area (Å²) < 4.78 is 11.1. The van der Waals surface area contributed by atoms with Gasteiger partial charge in [-0.25, -0.2) is 0 Å². The third-order valence-corrected chi connectivity index (χ3v) is 5.37. The topological polar surface area (TPSA) is 114 Å². The minimum Gasteiger partial charge on any atom is -0.511 e. The van der Waals surface area contributed by atoms with Gasteiger partial charge in [0, 0.05) is 50.6 Å². The molecule has 0 aliphatic heterocycles. The quantitative estimate of drug-likeness (QED) is 0.282. The van der Waals surface area contributed by atoms with Crippen LogP contribution < -0.4 is 5.32 Å². The van der Waals surface area contributed by atoms with Crippen molar-refractivity contribution >= 4 is 23.2 Å². The maximum atomic E-state index is 12.7. The lowest BCUT2D eigenvalue weighted by Crippen LogP contribution is -2.31. The molecule has 0 aromatic heterocycles. The maximum Gasteiger partial charge on any atom is 0.222 e. The van der Waals surface area contributed by atoms with E-state index in [1.54, 1.807) is 0 Å². The number of aliphatic hydroxyl groups is 1. The number of nitrogens with one attached hydrogen (secondary N) is 1. The van der Waals surface area contributed by atoms with Gasteiger partial charge in [-0.15, -0.1) is 0 Å². The Morgan fingerprint density at radius 1 is 1.00 bits per heavy atom. The van der Waals surface area contributed by atoms with E-state index in [0.29, 0.717) is 64.4 Å². The Labute approximate surface area is 198 Å². The number of rotatable bonds is 15. The van der Waals surface area contributed by atoms with Crippen LogP contribution >= 0.6 is 0 Å². The molecule has 0 radical (unpaired) electrons. The largest absolute Gasteiger partial charge is 0.511 e. The van der Waals surface area contributed by atoms with Crippen LogP contribution in [0, 0.1) is 17.3 Å². The summed E-state index contributed by atoms with van der Waals surface area (Å²) in [7, 11) is 0. The number of carbonyl (C=O) groups is 3. The first-order valence-electron chi connectivity index (χ1n) is 11.9. The number of nitrogens with zero attached hydrogens (tertiary/aromatic N) is 1. The van der Waals surface area contributed by atoms with E-state index in [9.17, 15) is 19.5 Å². The van der Waals surface area contributed by atoms with E-state index in [0.717, 1.165) is 0 Å². The van der Waals surface area contributed by atoms with Crippen molar-refractivity contribution in [2.75, 3.05) is 39.5 Å². The van der Waals surface area contributed by atoms with Crippen molar-refractivity contribution < 1.29 is 29.0 Å². The van der Waals surface area contributed by atoms with E-state index >= 15 is 0 Å². The van der Waals surface area contributed by atoms with Gasteiger partial charge in [0.1, 0.15) is 11.5 Å². The Morgan fingerprint density at radius 2 is 1.64 bits per heavy atom. The number of aliphatic imine (C=N–C) groups is 1. The van der Waals surface area contributed by atoms with Crippen molar-refractivity contribution in [3.8, 4) is 0 Å². The highest BCUT2D eigenvalue weighted by molar-refractivity contribution is 6.23. The van der Waals surface area contributed by atoms with Crippen LogP contribution in [0.2, 0.25) is 0 Å². The molecule has 0 heterocycles. The molecule has 0 saturated carbocycles. The molecule has 0 unspecified atom stereocenters. The van der Waals surface area contributed by atoms with E-state index < -0.39 is 0 Å². The molecular formula is C25H42N2O6. The zero-order chi connectivity index (χ0) is 25.0. The van der Waals surface area contributed by atoms with Crippen LogP contribution in [0.15, 0.2) is 16.3 Å². The maximum absolute atomic E-state index is 12.7. The smallest absolute Gasteiger partial charge is 0.222 e. The summed E-state index contributed by atoms with van der Waals surface area (Å²) in [5, 5.41) is 13.3. The second-order valence-electron chi connectivity index (χ2n) is 9.88. The molecule has 0 fully saturated rings. The van der Waals surface area contributed by atoms with Crippen LogP contribution in [-0.2, 0) is 23.9 Å². The first-order chi connectivity index (χ1) is 15.4. The molecule has 0 saturated heterocycles. The molecule has 1 aliphatic rings. The predicted molar refractivity (Wildman–Crippen MR) is 129 cm³/mol.